The molecular weight excluding hydrogens is 406 g/mol. The van der Waals surface area contributed by atoms with Gasteiger partial charge in [0, 0.05) is 11.3 Å². The van der Waals surface area contributed by atoms with Gasteiger partial charge in [-0.25, -0.2) is 10.2 Å². The number of aryl methyl sites for hydroxylation is 2. The minimum Gasteiger partial charge on any atom is -0.422 e. The minimum absolute atomic E-state index is 0.289. The molecule has 32 heavy (non-hydrogen) atoms. The van der Waals surface area contributed by atoms with Gasteiger partial charge < -0.3 is 10.1 Å². The Morgan fingerprint density at radius 1 is 0.781 bits per heavy atom. The average Bonchev–Trinajstić information content (AvgIpc) is 2.80. The van der Waals surface area contributed by atoms with Crippen LogP contribution < -0.4 is 15.5 Å². The fraction of sp³-hybridized carbons (Fsp3) is 0.120. The van der Waals surface area contributed by atoms with Crippen molar-refractivity contribution < 1.29 is 19.1 Å². The minimum atomic E-state index is -0.911. The molecule has 0 unspecified atom stereocenters. The second kappa shape index (κ2) is 10.2. The van der Waals surface area contributed by atoms with Crippen molar-refractivity contribution in [1.82, 2.24) is 5.43 Å². The van der Waals surface area contributed by atoms with Crippen molar-refractivity contribution in [1.29, 1.82) is 0 Å². The molecule has 3 aromatic carbocycles. The largest absolute Gasteiger partial charge is 0.422 e. The number of nitrogens with zero attached hydrogens (tertiary/aromatic N) is 1. The Morgan fingerprint density at radius 3 is 2.09 bits per heavy atom. The van der Waals surface area contributed by atoms with Gasteiger partial charge in [-0.1, -0.05) is 48.5 Å². The van der Waals surface area contributed by atoms with Crippen LogP contribution in [0.2, 0.25) is 0 Å². The van der Waals surface area contributed by atoms with Crippen molar-refractivity contribution in [3.63, 3.8) is 0 Å². The molecule has 0 fully saturated rings. The molecule has 7 nitrogen and oxygen atoms in total. The molecule has 162 valence electrons. The molecule has 3 rings (SSSR count). The van der Waals surface area contributed by atoms with Gasteiger partial charge in [-0.05, 0) is 56.2 Å². The molecule has 3 aromatic rings. The molecule has 2 N–H and O–H groups in total. The molecule has 0 heterocycles. The van der Waals surface area contributed by atoms with E-state index in [0.29, 0.717) is 22.5 Å². The quantitative estimate of drug-likeness (QED) is 0.211. The average molecular weight is 429 g/mol. The zero-order valence-electron chi connectivity index (χ0n) is 18.0. The van der Waals surface area contributed by atoms with Crippen LogP contribution in [-0.2, 0) is 9.59 Å². The van der Waals surface area contributed by atoms with E-state index in [9.17, 15) is 14.4 Å². The molecule has 0 saturated heterocycles. The van der Waals surface area contributed by atoms with Crippen molar-refractivity contribution in [2.75, 3.05) is 5.32 Å². The fourth-order valence-electron chi connectivity index (χ4n) is 3.02. The first-order valence-corrected chi connectivity index (χ1v) is 9.95. The summed E-state index contributed by atoms with van der Waals surface area (Å²) in [6.45, 7) is 5.33. The second-order valence-corrected chi connectivity index (χ2v) is 7.11. The Bertz CT molecular complexity index is 1170. The van der Waals surface area contributed by atoms with Crippen LogP contribution in [0.3, 0.4) is 0 Å². The van der Waals surface area contributed by atoms with Crippen molar-refractivity contribution in [3.05, 3.63) is 95.1 Å². The van der Waals surface area contributed by atoms with Gasteiger partial charge in [0.25, 0.3) is 0 Å². The van der Waals surface area contributed by atoms with Gasteiger partial charge in [-0.2, -0.15) is 5.10 Å². The Balaban J connectivity index is 1.70. The maximum atomic E-state index is 12.4. The summed E-state index contributed by atoms with van der Waals surface area (Å²) >= 11 is 0. The monoisotopic (exact) mass is 429 g/mol. The SMILES string of the molecule is C/C(=N\NC(=O)C(=O)Nc1c(C)cccc1C)c1ccccc1OC(=O)c1ccccc1. The number of hydrogen-bond acceptors (Lipinski definition) is 5. The molecule has 0 atom stereocenters. The third kappa shape index (κ3) is 5.46. The summed E-state index contributed by atoms with van der Waals surface area (Å²) in [6.07, 6.45) is 0. The number of para-hydroxylation sites is 2. The number of anilines is 1. The van der Waals surface area contributed by atoms with Gasteiger partial charge in [0.2, 0.25) is 0 Å². The molecule has 0 spiro atoms. The van der Waals surface area contributed by atoms with Crippen LogP contribution in [0, 0.1) is 13.8 Å². The number of benzene rings is 3. The number of rotatable bonds is 5. The number of esters is 1. The lowest BCUT2D eigenvalue weighted by molar-refractivity contribution is -0.136. The first kappa shape index (κ1) is 22.4. The maximum Gasteiger partial charge on any atom is 0.343 e. The maximum absolute atomic E-state index is 12.4. The molecule has 0 saturated carbocycles. The number of hydrogen-bond donors (Lipinski definition) is 2. The fourth-order valence-corrected chi connectivity index (χ4v) is 3.02. The van der Waals surface area contributed by atoms with Crippen LogP contribution in [0.1, 0.15) is 34.0 Å². The molecule has 0 aromatic heterocycles. The summed E-state index contributed by atoms with van der Waals surface area (Å²) < 4.78 is 5.50. The van der Waals surface area contributed by atoms with Gasteiger partial charge in [0.15, 0.2) is 0 Å². The van der Waals surface area contributed by atoms with Crippen LogP contribution >= 0.6 is 0 Å². The number of ether oxygens (including phenoxy) is 1. The summed E-state index contributed by atoms with van der Waals surface area (Å²) in [5.74, 6) is -1.96. The van der Waals surface area contributed by atoms with Gasteiger partial charge in [0.1, 0.15) is 5.75 Å². The van der Waals surface area contributed by atoms with Crippen molar-refractivity contribution in [3.8, 4) is 5.75 Å². The third-order valence-corrected chi connectivity index (χ3v) is 4.74. The van der Waals surface area contributed by atoms with Crippen LogP contribution in [0.4, 0.5) is 5.69 Å². The van der Waals surface area contributed by atoms with E-state index in [0.717, 1.165) is 11.1 Å². The zero-order valence-corrected chi connectivity index (χ0v) is 18.0. The van der Waals surface area contributed by atoms with Gasteiger partial charge in [-0.15, -0.1) is 0 Å². The summed E-state index contributed by atoms with van der Waals surface area (Å²) in [7, 11) is 0. The predicted octanol–water partition coefficient (Wildman–Crippen LogP) is 4.00. The van der Waals surface area contributed by atoms with Gasteiger partial charge in [0.05, 0.1) is 11.3 Å². The normalized spacial score (nSPS) is 10.9. The Morgan fingerprint density at radius 2 is 1.41 bits per heavy atom. The Hall–Kier alpha value is -4.26. The van der Waals surface area contributed by atoms with E-state index >= 15 is 0 Å². The molecule has 0 radical (unpaired) electrons. The van der Waals surface area contributed by atoms with Crippen LogP contribution in [0.15, 0.2) is 77.9 Å². The highest BCUT2D eigenvalue weighted by atomic mass is 16.5. The lowest BCUT2D eigenvalue weighted by Crippen LogP contribution is -2.33. The van der Waals surface area contributed by atoms with Crippen LogP contribution in [-0.4, -0.2) is 23.5 Å². The molecular formula is C25H23N3O4. The molecule has 0 aliphatic rings. The molecule has 2 amide bonds. The number of carbonyl (C=O) groups excluding carboxylic acids is 3. The number of amides is 2. The van der Waals surface area contributed by atoms with Crippen LogP contribution in [0.25, 0.3) is 0 Å². The number of hydrazone groups is 1. The molecule has 0 aliphatic carbocycles. The first-order valence-electron chi connectivity index (χ1n) is 9.95. The summed E-state index contributed by atoms with van der Waals surface area (Å²) in [5, 5.41) is 6.62. The van der Waals surface area contributed by atoms with E-state index in [2.05, 4.69) is 15.8 Å². The van der Waals surface area contributed by atoms with E-state index in [-0.39, 0.29) is 5.75 Å². The summed E-state index contributed by atoms with van der Waals surface area (Å²) in [6, 6.07) is 21.0. The summed E-state index contributed by atoms with van der Waals surface area (Å²) in [4.78, 5) is 36.9. The lowest BCUT2D eigenvalue weighted by Gasteiger charge is -2.11. The second-order valence-electron chi connectivity index (χ2n) is 7.11. The molecule has 7 heteroatoms. The number of carbonyl (C=O) groups is 3. The lowest BCUT2D eigenvalue weighted by atomic mass is 10.1. The first-order chi connectivity index (χ1) is 15.4. The highest BCUT2D eigenvalue weighted by molar-refractivity contribution is 6.39. The van der Waals surface area contributed by atoms with E-state index in [1.165, 1.54) is 0 Å². The topological polar surface area (TPSA) is 96.9 Å². The highest BCUT2D eigenvalue weighted by Gasteiger charge is 2.17. The van der Waals surface area contributed by atoms with E-state index in [4.69, 9.17) is 4.74 Å². The van der Waals surface area contributed by atoms with E-state index in [1.54, 1.807) is 61.5 Å². The molecule has 0 aliphatic heterocycles. The summed E-state index contributed by atoms with van der Waals surface area (Å²) in [5.41, 5.74) is 5.82. The van der Waals surface area contributed by atoms with Gasteiger partial charge >= 0.3 is 17.8 Å². The highest BCUT2D eigenvalue weighted by Crippen LogP contribution is 2.21. The van der Waals surface area contributed by atoms with E-state index in [1.807, 2.05) is 32.0 Å². The van der Waals surface area contributed by atoms with Crippen molar-refractivity contribution in [2.24, 2.45) is 5.10 Å². The van der Waals surface area contributed by atoms with Crippen LogP contribution in [0.5, 0.6) is 5.75 Å². The van der Waals surface area contributed by atoms with Crippen molar-refractivity contribution in [2.45, 2.75) is 20.8 Å². The Kier molecular flexibility index (Phi) is 7.13. The third-order valence-electron chi connectivity index (χ3n) is 4.74. The number of nitrogens with one attached hydrogen (secondary N) is 2. The van der Waals surface area contributed by atoms with Gasteiger partial charge in [-0.3, -0.25) is 9.59 Å². The predicted molar refractivity (Wildman–Crippen MR) is 123 cm³/mol. The smallest absolute Gasteiger partial charge is 0.343 e. The zero-order chi connectivity index (χ0) is 23.1. The van der Waals surface area contributed by atoms with Crippen molar-refractivity contribution >= 4 is 29.2 Å². The molecule has 0 bridgehead atoms. The Labute approximate surface area is 186 Å². The van der Waals surface area contributed by atoms with E-state index < -0.39 is 17.8 Å². The standard InChI is InChI=1S/C25H23N3O4/c1-16-10-9-11-17(2)22(16)26-23(29)24(30)28-27-18(3)20-14-7-8-15-21(20)32-25(31)19-12-5-4-6-13-19/h4-15H,1-3H3,(H,26,29)(H,28,30)/b27-18+.